The molecule has 0 saturated heterocycles. The maximum Gasteiger partial charge on any atom is 1.00 e. The van der Waals surface area contributed by atoms with Crippen molar-refractivity contribution in [2.24, 2.45) is 0 Å². The Balaban J connectivity index is 0.000000306. The fourth-order valence-corrected chi connectivity index (χ4v) is 10.5. The van der Waals surface area contributed by atoms with Crippen LogP contribution in [0.2, 0.25) is 0 Å². The van der Waals surface area contributed by atoms with Crippen molar-refractivity contribution in [3.05, 3.63) is 306 Å². The van der Waals surface area contributed by atoms with Gasteiger partial charge >= 0.3 is 296 Å². The predicted molar refractivity (Wildman–Crippen MR) is 360 cm³/mol. The second kappa shape index (κ2) is 47.0. The maximum atomic E-state index is 11.6. The molecule has 99 heavy (non-hydrogen) atoms. The van der Waals surface area contributed by atoms with E-state index in [-0.39, 0.29) is 330 Å². The number of H-pyrrole nitrogens is 3. The van der Waals surface area contributed by atoms with Gasteiger partial charge in [-0.15, -0.1) is 0 Å². The summed E-state index contributed by atoms with van der Waals surface area (Å²) in [6, 6.07) is 80.3. The SMILES string of the molecule is CS(=O)c1ccc([O-])c2[nH+]cccc12.Cc1ccc(C)c([NH+]=Cc2ccccc2[O-])c1.Cc1cccc([NH+]=Cc2ccccc2[O-])c1.Cc1cccc([NH+]=Cc2ccccc2[O-])c1.[Cs+].[Cs+].[K+].[Li+].[Na+].[O-]c1cccc2cc3ccccc3[nH+]c12.[O-]c1cccc2cc3ccccc3[nH+]c12.[Rb+]. The molecule has 0 aliphatic heterocycles. The number of hydrogen-bond donors (Lipinski definition) is 3. The summed E-state index contributed by atoms with van der Waals surface area (Å²) in [4.78, 5) is 19.3. The molecule has 1 atom stereocenters. The van der Waals surface area contributed by atoms with E-state index in [0.29, 0.717) is 38.1 Å². The van der Waals surface area contributed by atoms with Crippen LogP contribution in [0, 0.1) is 27.7 Å². The van der Waals surface area contributed by atoms with Crippen molar-refractivity contribution in [2.45, 2.75) is 32.6 Å². The molecule has 0 fully saturated rings. The van der Waals surface area contributed by atoms with Gasteiger partial charge in [0.2, 0.25) is 44.6 Å². The number of aromatic amines is 3. The molecule has 11 aromatic carbocycles. The Morgan fingerprint density at radius 1 is 0.384 bits per heavy atom. The Morgan fingerprint density at radius 3 is 1.21 bits per heavy atom. The molecule has 0 saturated carbocycles. The van der Waals surface area contributed by atoms with Crippen molar-refractivity contribution in [1.29, 1.82) is 0 Å². The Labute approximate surface area is 823 Å². The van der Waals surface area contributed by atoms with Crippen LogP contribution in [0.25, 0.3) is 54.5 Å². The summed E-state index contributed by atoms with van der Waals surface area (Å²) in [5, 5.41) is 73.9. The summed E-state index contributed by atoms with van der Waals surface area (Å²) in [6.07, 6.45) is 8.51. The summed E-state index contributed by atoms with van der Waals surface area (Å²) in [5.74, 6) is 0.0990. The summed E-state index contributed by atoms with van der Waals surface area (Å²) >= 11 is 0. The molecule has 6 N–H and O–H groups in total. The van der Waals surface area contributed by atoms with E-state index in [1.807, 2.05) is 167 Å². The van der Waals surface area contributed by atoms with E-state index in [2.05, 4.69) is 48.1 Å². The largest absolute Gasteiger partial charge is 1.00 e. The van der Waals surface area contributed by atoms with Gasteiger partial charge in [0.15, 0.2) is 24.8 Å². The van der Waals surface area contributed by atoms with Crippen molar-refractivity contribution in [3.63, 3.8) is 0 Å². The summed E-state index contributed by atoms with van der Waals surface area (Å²) in [7, 11) is -1.07. The minimum Gasteiger partial charge on any atom is -0.872 e. The third-order valence-corrected chi connectivity index (χ3v) is 15.6. The van der Waals surface area contributed by atoms with E-state index in [1.54, 1.807) is 128 Å². The minimum absolute atomic E-state index is 0. The number of benzene rings is 11. The van der Waals surface area contributed by atoms with Crippen molar-refractivity contribution < 1.29 is 361 Å². The number of aryl methyl sites for hydroxylation is 4. The number of rotatable bonds is 7. The van der Waals surface area contributed by atoms with Crippen LogP contribution < -0.4 is 356 Å². The predicted octanol–water partition coefficient (Wildman–Crippen LogP) is -10.7. The van der Waals surface area contributed by atoms with Gasteiger partial charge in [0.1, 0.15) is 0 Å². The molecule has 0 aliphatic rings. The van der Waals surface area contributed by atoms with Gasteiger partial charge in [0.05, 0.1) is 21.1 Å². The van der Waals surface area contributed by atoms with Crippen LogP contribution in [-0.2, 0) is 10.8 Å². The third kappa shape index (κ3) is 27.9. The maximum absolute atomic E-state index is 11.6. The molecule has 14 rings (SSSR count). The zero-order valence-corrected chi connectivity index (χ0v) is 81.3. The number of aromatic nitrogens is 3. The van der Waals surface area contributed by atoms with Crippen LogP contribution >= 0.6 is 0 Å². The van der Waals surface area contributed by atoms with Crippen LogP contribution in [-0.4, -0.2) is 29.1 Å². The number of para-hydroxylation sites is 7. The zero-order valence-electron chi connectivity index (χ0n) is 57.9. The molecule has 0 amide bonds. The second-order valence-corrected chi connectivity index (χ2v) is 23.0. The number of hydrogen-bond acceptors (Lipinski definition) is 7. The van der Waals surface area contributed by atoms with E-state index in [9.17, 15) is 34.8 Å². The van der Waals surface area contributed by atoms with Gasteiger partial charge in [-0.3, -0.25) is 4.21 Å². The fraction of sp³-hybridized carbons (Fsp3) is 0.0633. The molecule has 13 nitrogen and oxygen atoms in total. The molecule has 0 radical (unpaired) electrons. The van der Waals surface area contributed by atoms with Crippen LogP contribution in [0.5, 0.6) is 34.5 Å². The number of nitrogens with one attached hydrogen (secondary N) is 6. The van der Waals surface area contributed by atoms with E-state index in [4.69, 9.17) is 0 Å². The average Bonchev–Trinajstić information content (AvgIpc) is 0.806. The zero-order chi connectivity index (χ0) is 65.6. The Hall–Kier alpha value is -2.73. The fourth-order valence-electron chi connectivity index (χ4n) is 9.74. The van der Waals surface area contributed by atoms with Gasteiger partial charge in [-0.1, -0.05) is 163 Å². The molecule has 3 aromatic heterocycles. The molecule has 0 spiro atoms. The van der Waals surface area contributed by atoms with Crippen molar-refractivity contribution in [1.82, 2.24) is 0 Å². The molecule has 462 valence electrons. The first-order valence-electron chi connectivity index (χ1n) is 29.8. The first kappa shape index (κ1) is 90.5. The first-order valence-corrected chi connectivity index (χ1v) is 31.4. The van der Waals surface area contributed by atoms with E-state index < -0.39 is 10.8 Å². The summed E-state index contributed by atoms with van der Waals surface area (Å²) in [6.45, 7) is 8.16. The Bertz CT molecular complexity index is 4850. The molecular weight excluding hydrogens is 1600 g/mol. The quantitative estimate of drug-likeness (QED) is 0.0791. The van der Waals surface area contributed by atoms with Crippen LogP contribution in [0.1, 0.15) is 38.9 Å². The van der Waals surface area contributed by atoms with E-state index in [1.165, 1.54) is 22.8 Å². The first-order chi connectivity index (χ1) is 45.1. The van der Waals surface area contributed by atoms with E-state index in [0.717, 1.165) is 60.6 Å². The van der Waals surface area contributed by atoms with Crippen LogP contribution in [0.15, 0.2) is 272 Å². The van der Waals surface area contributed by atoms with Crippen molar-refractivity contribution in [3.8, 4) is 34.5 Å². The van der Waals surface area contributed by atoms with Crippen LogP contribution in [0.4, 0.5) is 17.1 Å². The van der Waals surface area contributed by atoms with Crippen molar-refractivity contribution >= 4 is 101 Å². The van der Waals surface area contributed by atoms with Crippen LogP contribution in [0.3, 0.4) is 0 Å². The monoisotopic (exact) mass is 1660 g/mol. The molecule has 14 aromatic rings. The number of fused-ring (bicyclic) bond motifs is 5. The van der Waals surface area contributed by atoms with E-state index >= 15 is 0 Å². The van der Waals surface area contributed by atoms with Gasteiger partial charge in [0.25, 0.3) is 0 Å². The van der Waals surface area contributed by atoms with Gasteiger partial charge in [-0.25, -0.2) is 29.9 Å². The average molecular weight is 1670 g/mol. The summed E-state index contributed by atoms with van der Waals surface area (Å²) in [5.41, 5.74) is 13.6. The Kier molecular flexibility index (Phi) is 42.9. The smallest absolute Gasteiger partial charge is 0.872 e. The molecular formula is C79H68Cs2KLiN6NaO7RbS+6. The molecule has 20 heteroatoms. The third-order valence-electron chi connectivity index (χ3n) is 14.6. The van der Waals surface area contributed by atoms with Gasteiger partial charge < -0.3 is 30.6 Å². The standard InChI is InChI=1S/C15H15NO.2C14H13NO.2C13H9NO.C10H9NO2S.2Cs.K.Li.Na.Rb/c1-11-7-8-12(2)14(9-11)16-10-13-5-3-4-6-15(13)17;2*1-11-5-4-7-13(9-11)15-10-12-6-2-3-8-14(12)16;2*15-12-7-3-5-10-8-9-4-1-2-6-11(9)14-13(10)12;1-14(13)9-5-4-8(12)10-7(9)3-2-6-11-10;;;;;;/h3-10,17H,1-2H3;2*2-10,16H,1H3;2*1-8,15H;2-6,12H,1H3;;;;;;/q;;;;;;6*+1. The summed E-state index contributed by atoms with van der Waals surface area (Å²) < 4.78 is 11.4. The number of pyridine rings is 3. The van der Waals surface area contributed by atoms with Gasteiger partial charge in [-0.2, -0.15) is 0 Å². The normalized spacial score (nSPS) is 10.5. The van der Waals surface area contributed by atoms with Gasteiger partial charge in [-0.05, 0) is 128 Å². The van der Waals surface area contributed by atoms with Gasteiger partial charge in [0, 0.05) is 98.6 Å². The second-order valence-electron chi connectivity index (χ2n) is 21.7. The molecule has 0 aliphatic carbocycles. The molecule has 1 unspecified atom stereocenters. The molecule has 0 bridgehead atoms. The molecule has 3 heterocycles. The van der Waals surface area contributed by atoms with Crippen molar-refractivity contribution in [2.75, 3.05) is 6.26 Å². The minimum atomic E-state index is -1.07. The topological polar surface area (TPSA) is 240 Å². The Morgan fingerprint density at radius 2 is 0.768 bits per heavy atom.